The lowest BCUT2D eigenvalue weighted by molar-refractivity contribution is -0.141. The number of aliphatic carboxylic acids is 1. The third-order valence-electron chi connectivity index (χ3n) is 2.70. The number of hydrogen-bond acceptors (Lipinski definition) is 2. The van der Waals surface area contributed by atoms with Gasteiger partial charge in [-0.3, -0.25) is 9.59 Å². The summed E-state index contributed by atoms with van der Waals surface area (Å²) in [5.74, 6) is -1.40. The summed E-state index contributed by atoms with van der Waals surface area (Å²) in [5.41, 5.74) is 0.484. The molecule has 0 radical (unpaired) electrons. The van der Waals surface area contributed by atoms with Crippen molar-refractivity contribution in [1.82, 2.24) is 9.88 Å². The number of carbonyl (C=O) groups is 2. The molecule has 2 rings (SSSR count). The maximum atomic E-state index is 11.9. The number of amides is 1. The molecule has 0 aromatic carbocycles. The van der Waals surface area contributed by atoms with Crippen LogP contribution in [-0.2, 0) is 4.79 Å². The van der Waals surface area contributed by atoms with Gasteiger partial charge in [0.05, 0.1) is 5.92 Å². The molecule has 1 saturated heterocycles. The second kappa shape index (κ2) is 4.29. The third-order valence-corrected chi connectivity index (χ3v) is 3.16. The normalized spacial score (nSPS) is 20.1. The van der Waals surface area contributed by atoms with Crippen molar-refractivity contribution < 1.29 is 14.7 Å². The van der Waals surface area contributed by atoms with Crippen LogP contribution in [0.15, 0.2) is 16.7 Å². The lowest BCUT2D eigenvalue weighted by atomic mass is 10.1. The summed E-state index contributed by atoms with van der Waals surface area (Å²) in [6.45, 7) is 0.803. The minimum absolute atomic E-state index is 0.144. The minimum atomic E-state index is -0.831. The van der Waals surface area contributed by atoms with Gasteiger partial charge < -0.3 is 15.0 Å². The van der Waals surface area contributed by atoms with E-state index in [2.05, 4.69) is 20.9 Å². The molecule has 0 spiro atoms. The monoisotopic (exact) mass is 286 g/mol. The molecule has 1 fully saturated rings. The molecule has 1 amide bonds. The zero-order valence-corrected chi connectivity index (χ0v) is 10.0. The van der Waals surface area contributed by atoms with Gasteiger partial charge in [-0.15, -0.1) is 0 Å². The number of H-pyrrole nitrogens is 1. The summed E-state index contributed by atoms with van der Waals surface area (Å²) >= 11 is 3.25. The topological polar surface area (TPSA) is 73.4 Å². The van der Waals surface area contributed by atoms with E-state index in [-0.39, 0.29) is 5.91 Å². The second-order valence-electron chi connectivity index (χ2n) is 3.81. The first kappa shape index (κ1) is 11.2. The number of nitrogens with zero attached hydrogens (tertiary/aromatic N) is 1. The standard InChI is InChI=1S/C10H11BrN2O3/c11-7-3-8(12-4-7)9(14)13-2-1-6(5-13)10(15)16/h3-4,6,12H,1-2,5H2,(H,15,16). The predicted octanol–water partition coefficient (Wildman–Crippen LogP) is 1.32. The van der Waals surface area contributed by atoms with Crippen LogP contribution < -0.4 is 0 Å². The van der Waals surface area contributed by atoms with Crippen LogP contribution in [0.1, 0.15) is 16.9 Å². The van der Waals surface area contributed by atoms with E-state index in [0.29, 0.717) is 25.2 Å². The van der Waals surface area contributed by atoms with Gasteiger partial charge >= 0.3 is 5.97 Å². The number of rotatable bonds is 2. The zero-order valence-electron chi connectivity index (χ0n) is 8.44. The van der Waals surface area contributed by atoms with E-state index < -0.39 is 11.9 Å². The number of aromatic nitrogens is 1. The maximum absolute atomic E-state index is 11.9. The van der Waals surface area contributed by atoms with Gasteiger partial charge in [0.1, 0.15) is 5.69 Å². The van der Waals surface area contributed by atoms with Crippen molar-refractivity contribution in [2.75, 3.05) is 13.1 Å². The van der Waals surface area contributed by atoms with Crippen LogP contribution in [0, 0.1) is 5.92 Å². The molecule has 6 heteroatoms. The highest BCUT2D eigenvalue weighted by molar-refractivity contribution is 9.10. The maximum Gasteiger partial charge on any atom is 0.308 e. The van der Waals surface area contributed by atoms with Gasteiger partial charge in [0.15, 0.2) is 0 Å². The molecular formula is C10H11BrN2O3. The molecule has 1 aromatic rings. The van der Waals surface area contributed by atoms with E-state index >= 15 is 0 Å². The number of carboxylic acids is 1. The lowest BCUT2D eigenvalue weighted by Gasteiger charge is -2.14. The van der Waals surface area contributed by atoms with E-state index in [9.17, 15) is 9.59 Å². The summed E-state index contributed by atoms with van der Waals surface area (Å²) in [4.78, 5) is 27.1. The van der Waals surface area contributed by atoms with Gasteiger partial charge in [-0.05, 0) is 28.4 Å². The summed E-state index contributed by atoms with van der Waals surface area (Å²) < 4.78 is 0.810. The first-order valence-electron chi connectivity index (χ1n) is 4.94. The molecule has 86 valence electrons. The lowest BCUT2D eigenvalue weighted by Crippen LogP contribution is -2.30. The molecule has 2 heterocycles. The van der Waals surface area contributed by atoms with Crippen LogP contribution in [-0.4, -0.2) is 40.0 Å². The molecular weight excluding hydrogens is 276 g/mol. The summed E-state index contributed by atoms with van der Waals surface area (Å²) in [7, 11) is 0. The molecule has 2 N–H and O–H groups in total. The molecule has 1 unspecified atom stereocenters. The highest BCUT2D eigenvalue weighted by Crippen LogP contribution is 2.19. The molecule has 1 aromatic heterocycles. The molecule has 1 aliphatic heterocycles. The van der Waals surface area contributed by atoms with Gasteiger partial charge in [-0.1, -0.05) is 0 Å². The van der Waals surface area contributed by atoms with Crippen molar-refractivity contribution in [3.63, 3.8) is 0 Å². The summed E-state index contributed by atoms with van der Waals surface area (Å²) in [5, 5.41) is 8.83. The number of likely N-dealkylation sites (tertiary alicyclic amines) is 1. The Hall–Kier alpha value is -1.30. The quantitative estimate of drug-likeness (QED) is 0.861. The van der Waals surface area contributed by atoms with Crippen LogP contribution in [0.2, 0.25) is 0 Å². The molecule has 5 nitrogen and oxygen atoms in total. The van der Waals surface area contributed by atoms with Crippen LogP contribution in [0.5, 0.6) is 0 Å². The molecule has 1 aliphatic rings. The molecule has 1 atom stereocenters. The Morgan fingerprint density at radius 2 is 2.31 bits per heavy atom. The van der Waals surface area contributed by atoms with Crippen molar-refractivity contribution in [3.05, 3.63) is 22.4 Å². The Morgan fingerprint density at radius 1 is 1.56 bits per heavy atom. The summed E-state index contributed by atoms with van der Waals surface area (Å²) in [6, 6.07) is 1.69. The van der Waals surface area contributed by atoms with Gasteiger partial charge in [-0.2, -0.15) is 0 Å². The first-order valence-corrected chi connectivity index (χ1v) is 5.73. The van der Waals surface area contributed by atoms with Crippen LogP contribution in [0.4, 0.5) is 0 Å². The number of nitrogens with one attached hydrogen (secondary N) is 1. The highest BCUT2D eigenvalue weighted by Gasteiger charge is 2.31. The highest BCUT2D eigenvalue weighted by atomic mass is 79.9. The van der Waals surface area contributed by atoms with E-state index in [1.165, 1.54) is 0 Å². The zero-order chi connectivity index (χ0) is 11.7. The second-order valence-corrected chi connectivity index (χ2v) is 4.72. The van der Waals surface area contributed by atoms with E-state index in [1.54, 1.807) is 17.2 Å². The Kier molecular flexibility index (Phi) is 3.00. The van der Waals surface area contributed by atoms with E-state index in [0.717, 1.165) is 4.47 Å². The van der Waals surface area contributed by atoms with Crippen molar-refractivity contribution in [2.45, 2.75) is 6.42 Å². The number of aromatic amines is 1. The Balaban J connectivity index is 2.05. The van der Waals surface area contributed by atoms with Crippen molar-refractivity contribution in [2.24, 2.45) is 5.92 Å². The fraction of sp³-hybridized carbons (Fsp3) is 0.400. The third kappa shape index (κ3) is 2.11. The molecule has 16 heavy (non-hydrogen) atoms. The molecule has 0 saturated carbocycles. The Labute approximate surface area is 101 Å². The van der Waals surface area contributed by atoms with Crippen LogP contribution in [0.3, 0.4) is 0 Å². The van der Waals surface area contributed by atoms with Gasteiger partial charge in [0, 0.05) is 23.8 Å². The number of hydrogen-bond donors (Lipinski definition) is 2. The number of halogens is 1. The summed E-state index contributed by atoms with van der Waals surface area (Å²) in [6.07, 6.45) is 2.21. The fourth-order valence-corrected chi connectivity index (χ4v) is 2.15. The largest absolute Gasteiger partial charge is 0.481 e. The van der Waals surface area contributed by atoms with E-state index in [4.69, 9.17) is 5.11 Å². The first-order chi connectivity index (χ1) is 7.58. The predicted molar refractivity (Wildman–Crippen MR) is 60.1 cm³/mol. The fourth-order valence-electron chi connectivity index (χ4n) is 1.81. The van der Waals surface area contributed by atoms with Crippen LogP contribution in [0.25, 0.3) is 0 Å². The smallest absolute Gasteiger partial charge is 0.308 e. The van der Waals surface area contributed by atoms with Crippen LogP contribution >= 0.6 is 15.9 Å². The molecule has 0 aliphatic carbocycles. The number of carboxylic acid groups (broad SMARTS) is 1. The average molecular weight is 287 g/mol. The van der Waals surface area contributed by atoms with Crippen molar-refractivity contribution >= 4 is 27.8 Å². The SMILES string of the molecule is O=C(O)C1CCN(C(=O)c2cc(Br)c[nH]2)C1. The minimum Gasteiger partial charge on any atom is -0.481 e. The Morgan fingerprint density at radius 3 is 2.81 bits per heavy atom. The van der Waals surface area contributed by atoms with E-state index in [1.807, 2.05) is 0 Å². The van der Waals surface area contributed by atoms with Gasteiger partial charge in [-0.25, -0.2) is 0 Å². The number of carbonyl (C=O) groups excluding carboxylic acids is 1. The van der Waals surface area contributed by atoms with Gasteiger partial charge in [0.2, 0.25) is 0 Å². The van der Waals surface area contributed by atoms with Crippen molar-refractivity contribution in [1.29, 1.82) is 0 Å². The average Bonchev–Trinajstić information content (AvgIpc) is 2.84. The van der Waals surface area contributed by atoms with Gasteiger partial charge in [0.25, 0.3) is 5.91 Å². The molecule has 0 bridgehead atoms. The van der Waals surface area contributed by atoms with Crippen molar-refractivity contribution in [3.8, 4) is 0 Å². The Bertz CT molecular complexity index is 429.